The number of rotatable bonds is 4. The van der Waals surface area contributed by atoms with E-state index in [9.17, 15) is 24.0 Å². The van der Waals surface area contributed by atoms with Gasteiger partial charge in [-0.05, 0) is 43.2 Å². The van der Waals surface area contributed by atoms with Gasteiger partial charge in [-0.2, -0.15) is 5.26 Å². The first-order valence-electron chi connectivity index (χ1n) is 10.8. The number of benzene rings is 2. The van der Waals surface area contributed by atoms with Crippen LogP contribution in [-0.4, -0.2) is 23.6 Å². The predicted octanol–water partition coefficient (Wildman–Crippen LogP) is 1.86. The molecule has 8 nitrogen and oxygen atoms in total. The monoisotopic (exact) mass is 504 g/mol. The molecule has 2 heterocycles. The molecule has 0 fully saturated rings. The Labute approximate surface area is 209 Å². The van der Waals surface area contributed by atoms with E-state index >= 15 is 0 Å². The number of fused-ring (bicyclic) bond motifs is 1. The molecule has 1 aliphatic heterocycles. The fourth-order valence-corrected chi connectivity index (χ4v) is 5.20. The minimum atomic E-state index is -0.981. The summed E-state index contributed by atoms with van der Waals surface area (Å²) in [6, 6.07) is 12.9. The number of thiazole rings is 1. The number of methoxy groups -OCH3 is 1. The molecule has 1 aliphatic rings. The molecule has 4 rings (SSSR count). The highest BCUT2D eigenvalue weighted by Crippen LogP contribution is 2.36. The van der Waals surface area contributed by atoms with E-state index in [1.165, 1.54) is 31.4 Å². The third-order valence-electron chi connectivity index (χ3n) is 5.80. The van der Waals surface area contributed by atoms with Crippen LogP contribution in [0.5, 0.6) is 0 Å². The summed E-state index contributed by atoms with van der Waals surface area (Å²) in [7, 11) is 1.17. The van der Waals surface area contributed by atoms with Crippen LogP contribution in [0.3, 0.4) is 0 Å². The summed E-state index contributed by atoms with van der Waals surface area (Å²) in [5.41, 5.74) is 8.43. The van der Waals surface area contributed by atoms with Crippen LogP contribution in [0.4, 0.5) is 10.1 Å². The number of aromatic nitrogens is 1. The number of nitrogens with zero attached hydrogens (tertiary/aromatic N) is 2. The number of nitrogens with two attached hydrogens (primary N) is 1. The molecule has 2 aromatic carbocycles. The van der Waals surface area contributed by atoms with Crippen LogP contribution in [0, 0.1) is 31.0 Å². The molecule has 0 spiro atoms. The zero-order valence-corrected chi connectivity index (χ0v) is 20.4. The summed E-state index contributed by atoms with van der Waals surface area (Å²) in [6.07, 6.45) is 1.00. The number of nitrogens with one attached hydrogen (secondary N) is 1. The molecule has 0 radical (unpaired) electrons. The molecule has 36 heavy (non-hydrogen) atoms. The van der Waals surface area contributed by atoms with Crippen LogP contribution in [-0.2, 0) is 14.3 Å². The molecule has 3 N–H and O–H groups in total. The van der Waals surface area contributed by atoms with Crippen molar-refractivity contribution in [1.82, 2.24) is 4.57 Å². The Bertz CT molecular complexity index is 1660. The average Bonchev–Trinajstić information content (AvgIpc) is 3.16. The molecule has 3 aromatic rings. The predicted molar refractivity (Wildman–Crippen MR) is 134 cm³/mol. The normalized spacial score (nSPS) is 15.4. The van der Waals surface area contributed by atoms with Crippen LogP contribution >= 0.6 is 11.3 Å². The minimum absolute atomic E-state index is 0.0198. The molecule has 0 aliphatic carbocycles. The molecule has 1 aromatic heterocycles. The zero-order valence-electron chi connectivity index (χ0n) is 19.6. The van der Waals surface area contributed by atoms with Crippen molar-refractivity contribution in [2.75, 3.05) is 12.4 Å². The largest absolute Gasteiger partial charge is 0.466 e. The van der Waals surface area contributed by atoms with Crippen molar-refractivity contribution in [3.63, 3.8) is 0 Å². The molecular weight excluding hydrogens is 483 g/mol. The zero-order chi connectivity index (χ0) is 26.1. The summed E-state index contributed by atoms with van der Waals surface area (Å²) >= 11 is 0.876. The maximum Gasteiger partial charge on any atom is 0.332 e. The third-order valence-corrected chi connectivity index (χ3v) is 6.91. The lowest BCUT2D eigenvalue weighted by Crippen LogP contribution is -2.41. The first-order chi connectivity index (χ1) is 17.2. The lowest BCUT2D eigenvalue weighted by atomic mass is 9.83. The summed E-state index contributed by atoms with van der Waals surface area (Å²) in [4.78, 5) is 38.8. The molecule has 1 amide bonds. The lowest BCUT2D eigenvalue weighted by Gasteiger charge is -2.25. The number of hydrogen-bond donors (Lipinski definition) is 2. The number of carbonyl (C=O) groups excluding carboxylic acids is 2. The van der Waals surface area contributed by atoms with Crippen LogP contribution in [0.15, 0.2) is 52.8 Å². The highest BCUT2D eigenvalue weighted by Gasteiger charge is 2.35. The maximum absolute atomic E-state index is 13.8. The third kappa shape index (κ3) is 4.32. The maximum atomic E-state index is 13.8. The Morgan fingerprint density at radius 2 is 1.92 bits per heavy atom. The fourth-order valence-electron chi connectivity index (χ4n) is 4.07. The van der Waals surface area contributed by atoms with E-state index in [1.807, 2.05) is 32.0 Å². The molecule has 0 bridgehead atoms. The van der Waals surface area contributed by atoms with Crippen molar-refractivity contribution >= 4 is 46.4 Å². The van der Waals surface area contributed by atoms with E-state index in [2.05, 4.69) is 10.1 Å². The summed E-state index contributed by atoms with van der Waals surface area (Å²) in [6.45, 7) is 3.77. The van der Waals surface area contributed by atoms with E-state index in [0.717, 1.165) is 33.1 Å². The minimum Gasteiger partial charge on any atom is -0.466 e. The van der Waals surface area contributed by atoms with Gasteiger partial charge in [-0.3, -0.25) is 14.2 Å². The average molecular weight is 505 g/mol. The van der Waals surface area contributed by atoms with Crippen molar-refractivity contribution in [3.05, 3.63) is 90.1 Å². The van der Waals surface area contributed by atoms with Crippen LogP contribution < -0.4 is 25.8 Å². The molecule has 0 unspecified atom stereocenters. The van der Waals surface area contributed by atoms with Gasteiger partial charge in [-0.15, -0.1) is 11.3 Å². The SMILES string of the molecule is COC(=O)/C=c1\sc2n(c1=O)C(N)=C(C#N)[C@H](c1ccc(F)cc1)C=2C(=O)Nc1ccc(C)cc1C. The van der Waals surface area contributed by atoms with Crippen molar-refractivity contribution in [2.24, 2.45) is 5.73 Å². The van der Waals surface area contributed by atoms with Gasteiger partial charge >= 0.3 is 5.97 Å². The second-order valence-electron chi connectivity index (χ2n) is 8.16. The second kappa shape index (κ2) is 9.64. The molecular formula is C26H21FN4O4S. The number of anilines is 1. The number of allylic oxidation sites excluding steroid dienone is 1. The number of hydrogen-bond acceptors (Lipinski definition) is 7. The van der Waals surface area contributed by atoms with Crippen molar-refractivity contribution in [2.45, 2.75) is 19.8 Å². The van der Waals surface area contributed by atoms with Crippen LogP contribution in [0.2, 0.25) is 0 Å². The number of esters is 1. The van der Waals surface area contributed by atoms with Crippen molar-refractivity contribution in [3.8, 4) is 6.07 Å². The van der Waals surface area contributed by atoms with Crippen LogP contribution in [0.25, 0.3) is 17.5 Å². The van der Waals surface area contributed by atoms with Gasteiger partial charge in [0.1, 0.15) is 20.8 Å². The molecule has 1 atom stereocenters. The first-order valence-corrected chi connectivity index (χ1v) is 11.6. The van der Waals surface area contributed by atoms with Gasteiger partial charge in [0, 0.05) is 11.8 Å². The number of ether oxygens (including phenoxy) is 1. The van der Waals surface area contributed by atoms with E-state index in [1.54, 1.807) is 6.07 Å². The highest BCUT2D eigenvalue weighted by molar-refractivity contribution is 7.07. The molecule has 0 saturated carbocycles. The van der Waals surface area contributed by atoms with Gasteiger partial charge < -0.3 is 15.8 Å². The summed E-state index contributed by atoms with van der Waals surface area (Å²) in [5.74, 6) is -2.97. The Morgan fingerprint density at radius 3 is 2.53 bits per heavy atom. The number of amides is 1. The van der Waals surface area contributed by atoms with Gasteiger partial charge in [-0.25, -0.2) is 9.18 Å². The van der Waals surface area contributed by atoms with Gasteiger partial charge in [0.15, 0.2) is 0 Å². The quantitative estimate of drug-likeness (QED) is 0.522. The van der Waals surface area contributed by atoms with E-state index in [0.29, 0.717) is 11.3 Å². The lowest BCUT2D eigenvalue weighted by molar-refractivity contribution is -0.133. The van der Waals surface area contributed by atoms with E-state index in [-0.39, 0.29) is 26.2 Å². The summed E-state index contributed by atoms with van der Waals surface area (Å²) < 4.78 is 19.5. The number of carbonyl (C=O) groups is 2. The Kier molecular flexibility index (Phi) is 6.59. The van der Waals surface area contributed by atoms with Gasteiger partial charge in [0.25, 0.3) is 11.5 Å². The fraction of sp³-hybridized carbons (Fsp3) is 0.154. The number of nitriles is 1. The van der Waals surface area contributed by atoms with E-state index < -0.39 is 29.2 Å². The van der Waals surface area contributed by atoms with Gasteiger partial charge in [0.2, 0.25) is 0 Å². The smallest absolute Gasteiger partial charge is 0.332 e. The van der Waals surface area contributed by atoms with Crippen LogP contribution in [0.1, 0.15) is 22.6 Å². The first kappa shape index (κ1) is 24.6. The Balaban J connectivity index is 2.05. The molecule has 0 saturated heterocycles. The standard InChI is InChI=1S/C26H21FN4O4S/c1-13-4-9-18(14(2)10-13)30-24(33)22-21(15-5-7-16(27)8-6-15)17(12-28)23(29)31-25(34)19(36-26(22)31)11-20(32)35-3/h4-11,21H,29H2,1-3H3,(H,30,33)/b19-11-/t21-/m0/s1. The number of aryl methyl sites for hydroxylation is 2. The van der Waals surface area contributed by atoms with E-state index in [4.69, 9.17) is 5.73 Å². The summed E-state index contributed by atoms with van der Waals surface area (Å²) in [5, 5.41) is 12.9. The topological polar surface area (TPSA) is 127 Å². The van der Waals surface area contributed by atoms with Gasteiger partial charge in [-0.1, -0.05) is 29.8 Å². The highest BCUT2D eigenvalue weighted by atomic mass is 32.1. The second-order valence-corrected chi connectivity index (χ2v) is 9.19. The Hall–Kier alpha value is -4.49. The number of halogens is 1. The van der Waals surface area contributed by atoms with Crippen molar-refractivity contribution < 1.29 is 18.7 Å². The molecule has 182 valence electrons. The van der Waals surface area contributed by atoms with Crippen molar-refractivity contribution in [1.29, 1.82) is 5.26 Å². The Morgan fingerprint density at radius 1 is 1.22 bits per heavy atom. The molecule has 10 heteroatoms. The van der Waals surface area contributed by atoms with Gasteiger partial charge in [0.05, 0.1) is 30.2 Å².